The van der Waals surface area contributed by atoms with E-state index in [1.807, 2.05) is 38.1 Å². The third kappa shape index (κ3) is 8.60. The van der Waals surface area contributed by atoms with Crippen LogP contribution < -0.4 is 15.4 Å². The van der Waals surface area contributed by atoms with Gasteiger partial charge in [-0.3, -0.25) is 9.89 Å². The highest BCUT2D eigenvalue weighted by Crippen LogP contribution is 2.14. The summed E-state index contributed by atoms with van der Waals surface area (Å²) in [4.78, 5) is 7.24. The fourth-order valence-corrected chi connectivity index (χ4v) is 3.35. The molecule has 164 valence electrons. The molecule has 1 aliphatic heterocycles. The van der Waals surface area contributed by atoms with Gasteiger partial charge in [-0.05, 0) is 37.5 Å². The Morgan fingerprint density at radius 2 is 2.03 bits per heavy atom. The lowest BCUT2D eigenvalue weighted by Gasteiger charge is -2.36. The van der Waals surface area contributed by atoms with Gasteiger partial charge in [0.2, 0.25) is 0 Å². The molecule has 1 heterocycles. The number of aliphatic imine (C=N–C) groups is 1. The average molecular weight is 407 g/mol. The van der Waals surface area contributed by atoms with E-state index in [4.69, 9.17) is 14.5 Å². The number of benzene rings is 1. The van der Waals surface area contributed by atoms with Gasteiger partial charge >= 0.3 is 0 Å². The minimum Gasteiger partial charge on any atom is -0.491 e. The molecule has 0 aliphatic carbocycles. The molecule has 1 aromatic carbocycles. The Kier molecular flexibility index (Phi) is 10.2. The van der Waals surface area contributed by atoms with Gasteiger partial charge in [0.15, 0.2) is 5.96 Å². The summed E-state index contributed by atoms with van der Waals surface area (Å²) in [6, 6.07) is 8.21. The van der Waals surface area contributed by atoms with Crippen LogP contribution in [0.3, 0.4) is 0 Å². The number of nitrogens with one attached hydrogen (secondary N) is 2. The molecule has 7 heteroatoms. The predicted octanol–water partition coefficient (Wildman–Crippen LogP) is 1.65. The summed E-state index contributed by atoms with van der Waals surface area (Å²) in [5.41, 5.74) is 1.14. The molecule has 2 rings (SSSR count). The highest BCUT2D eigenvalue weighted by Gasteiger charge is 2.23. The average Bonchev–Trinajstić information content (AvgIpc) is 2.71. The predicted molar refractivity (Wildman–Crippen MR) is 118 cm³/mol. The summed E-state index contributed by atoms with van der Waals surface area (Å²) >= 11 is 0. The second kappa shape index (κ2) is 12.7. The molecule has 0 bridgehead atoms. The Bertz CT molecular complexity index is 618. The van der Waals surface area contributed by atoms with Gasteiger partial charge in [0.05, 0.1) is 19.8 Å². The van der Waals surface area contributed by atoms with Gasteiger partial charge in [0.1, 0.15) is 18.5 Å². The van der Waals surface area contributed by atoms with Crippen molar-refractivity contribution in [2.45, 2.75) is 39.8 Å². The maximum Gasteiger partial charge on any atom is 0.191 e. The fraction of sp³-hybridized carbons (Fsp3) is 0.682. The van der Waals surface area contributed by atoms with Crippen molar-refractivity contribution in [1.29, 1.82) is 0 Å². The van der Waals surface area contributed by atoms with Gasteiger partial charge in [-0.1, -0.05) is 26.0 Å². The lowest BCUT2D eigenvalue weighted by atomic mass is 10.0. The number of hydrogen-bond donors (Lipinski definition) is 3. The van der Waals surface area contributed by atoms with Crippen LogP contribution in [0.2, 0.25) is 0 Å². The molecule has 1 aliphatic rings. The zero-order chi connectivity index (χ0) is 21.1. The Morgan fingerprint density at radius 1 is 1.28 bits per heavy atom. The van der Waals surface area contributed by atoms with E-state index in [1.54, 1.807) is 0 Å². The fourth-order valence-electron chi connectivity index (χ4n) is 3.35. The minimum absolute atomic E-state index is 0.234. The molecule has 7 nitrogen and oxygen atoms in total. The van der Waals surface area contributed by atoms with Crippen LogP contribution in [0.5, 0.6) is 5.75 Å². The maximum atomic E-state index is 10.3. The number of rotatable bonds is 10. The molecule has 0 amide bonds. The summed E-state index contributed by atoms with van der Waals surface area (Å²) in [6.45, 7) is 14.1. The highest BCUT2D eigenvalue weighted by atomic mass is 16.5. The molecule has 0 saturated carbocycles. The molecule has 1 aromatic rings. The first-order valence-electron chi connectivity index (χ1n) is 10.7. The lowest BCUT2D eigenvalue weighted by molar-refractivity contribution is 0.00866. The Labute approximate surface area is 175 Å². The van der Waals surface area contributed by atoms with Crippen LogP contribution in [-0.4, -0.2) is 80.7 Å². The van der Waals surface area contributed by atoms with Crippen molar-refractivity contribution in [2.24, 2.45) is 10.9 Å². The maximum absolute atomic E-state index is 10.3. The molecular formula is C22H38N4O3. The van der Waals surface area contributed by atoms with Crippen LogP contribution in [-0.2, 0) is 4.74 Å². The molecule has 0 spiro atoms. The summed E-state index contributed by atoms with van der Waals surface area (Å²) in [5.74, 6) is 2.00. The molecule has 2 atom stereocenters. The normalized spacial score (nSPS) is 17.8. The van der Waals surface area contributed by atoms with Crippen LogP contribution in [0.25, 0.3) is 0 Å². The zero-order valence-electron chi connectivity index (χ0n) is 18.4. The summed E-state index contributed by atoms with van der Waals surface area (Å²) in [7, 11) is 0. The quantitative estimate of drug-likeness (QED) is 0.405. The van der Waals surface area contributed by atoms with Gasteiger partial charge in [-0.25, -0.2) is 0 Å². The molecule has 1 fully saturated rings. The smallest absolute Gasteiger partial charge is 0.191 e. The van der Waals surface area contributed by atoms with E-state index in [1.165, 1.54) is 0 Å². The lowest BCUT2D eigenvalue weighted by Crippen LogP contribution is -2.48. The largest absolute Gasteiger partial charge is 0.491 e. The SMILES string of the molecule is CCNC(=NCC(C(C)C)N1CCOCC1)NCC(O)COc1cccc(C)c1. The van der Waals surface area contributed by atoms with Crippen molar-refractivity contribution < 1.29 is 14.6 Å². The first kappa shape index (κ1) is 23.4. The van der Waals surface area contributed by atoms with E-state index in [-0.39, 0.29) is 6.61 Å². The van der Waals surface area contributed by atoms with Crippen LogP contribution in [0.4, 0.5) is 0 Å². The number of aryl methyl sites for hydroxylation is 1. The summed E-state index contributed by atoms with van der Waals surface area (Å²) in [6.07, 6.45) is -0.625. The van der Waals surface area contributed by atoms with Gasteiger partial charge in [-0.2, -0.15) is 0 Å². The van der Waals surface area contributed by atoms with Crippen molar-refractivity contribution in [3.63, 3.8) is 0 Å². The highest BCUT2D eigenvalue weighted by molar-refractivity contribution is 5.79. The molecule has 29 heavy (non-hydrogen) atoms. The van der Waals surface area contributed by atoms with Crippen molar-refractivity contribution in [1.82, 2.24) is 15.5 Å². The van der Waals surface area contributed by atoms with Crippen LogP contribution in [0.1, 0.15) is 26.3 Å². The number of aliphatic hydroxyl groups is 1. The summed E-state index contributed by atoms with van der Waals surface area (Å²) in [5, 5.41) is 16.8. The van der Waals surface area contributed by atoms with Crippen molar-refractivity contribution in [3.8, 4) is 5.75 Å². The van der Waals surface area contributed by atoms with E-state index in [2.05, 4.69) is 29.4 Å². The van der Waals surface area contributed by atoms with Crippen molar-refractivity contribution >= 4 is 5.96 Å². The third-order valence-corrected chi connectivity index (χ3v) is 5.00. The first-order chi connectivity index (χ1) is 14.0. The molecule has 3 N–H and O–H groups in total. The van der Waals surface area contributed by atoms with Gasteiger partial charge < -0.3 is 25.2 Å². The topological polar surface area (TPSA) is 78.4 Å². The van der Waals surface area contributed by atoms with E-state index in [9.17, 15) is 5.11 Å². The Balaban J connectivity index is 1.83. The van der Waals surface area contributed by atoms with E-state index < -0.39 is 6.10 Å². The van der Waals surface area contributed by atoms with Gasteiger partial charge in [-0.15, -0.1) is 0 Å². The van der Waals surface area contributed by atoms with E-state index >= 15 is 0 Å². The standard InChI is InChI=1S/C22H38N4O3/c1-5-23-22(25-15-21(17(2)3)26-9-11-28-12-10-26)24-14-19(27)16-29-20-8-6-7-18(4)13-20/h6-8,13,17,19,21,27H,5,9-12,14-16H2,1-4H3,(H2,23,24,25). The molecular weight excluding hydrogens is 368 g/mol. The second-order valence-corrected chi connectivity index (χ2v) is 7.84. The van der Waals surface area contributed by atoms with Gasteiger partial charge in [0, 0.05) is 32.2 Å². The first-order valence-corrected chi connectivity index (χ1v) is 10.7. The number of guanidine groups is 1. The van der Waals surface area contributed by atoms with E-state index in [0.717, 1.165) is 50.1 Å². The second-order valence-electron chi connectivity index (χ2n) is 7.84. The molecule has 0 aromatic heterocycles. The molecule has 0 radical (unpaired) electrons. The van der Waals surface area contributed by atoms with Crippen molar-refractivity contribution in [2.75, 3.05) is 52.5 Å². The van der Waals surface area contributed by atoms with Crippen LogP contribution in [0.15, 0.2) is 29.3 Å². The van der Waals surface area contributed by atoms with E-state index in [0.29, 0.717) is 25.0 Å². The number of aliphatic hydroxyl groups excluding tert-OH is 1. The Hall–Kier alpha value is -1.83. The number of nitrogens with zero attached hydrogens (tertiary/aromatic N) is 2. The Morgan fingerprint density at radius 3 is 2.69 bits per heavy atom. The summed E-state index contributed by atoms with van der Waals surface area (Å²) < 4.78 is 11.2. The minimum atomic E-state index is -0.625. The number of ether oxygens (including phenoxy) is 2. The molecule has 2 unspecified atom stereocenters. The van der Waals surface area contributed by atoms with Crippen LogP contribution in [0, 0.1) is 12.8 Å². The third-order valence-electron chi connectivity index (χ3n) is 5.00. The zero-order valence-corrected chi connectivity index (χ0v) is 18.4. The number of morpholine rings is 1. The van der Waals surface area contributed by atoms with Gasteiger partial charge in [0.25, 0.3) is 0 Å². The number of hydrogen-bond acceptors (Lipinski definition) is 5. The van der Waals surface area contributed by atoms with Crippen LogP contribution >= 0.6 is 0 Å². The monoisotopic (exact) mass is 406 g/mol. The van der Waals surface area contributed by atoms with Crippen molar-refractivity contribution in [3.05, 3.63) is 29.8 Å². The molecule has 1 saturated heterocycles.